The maximum Gasteiger partial charge on any atom is 0.240 e. The molecule has 0 bridgehead atoms. The molecule has 1 aliphatic heterocycles. The van der Waals surface area contributed by atoms with Crippen LogP contribution in [0.15, 0.2) is 23.1 Å². The Bertz CT molecular complexity index is 618. The maximum atomic E-state index is 12.5. The van der Waals surface area contributed by atoms with Crippen LogP contribution in [0.5, 0.6) is 0 Å². The fourth-order valence-electron chi connectivity index (χ4n) is 3.48. The first-order chi connectivity index (χ1) is 10.8. The monoisotopic (exact) mass is 338 g/mol. The molecule has 2 atom stereocenters. The third kappa shape index (κ3) is 4.55. The summed E-state index contributed by atoms with van der Waals surface area (Å²) in [4.78, 5) is 2.91. The Morgan fingerprint density at radius 2 is 1.83 bits per heavy atom. The van der Waals surface area contributed by atoms with E-state index < -0.39 is 10.0 Å². The number of piperidine rings is 1. The lowest BCUT2D eigenvalue weighted by molar-refractivity contribution is 0.103. The van der Waals surface area contributed by atoms with E-state index in [2.05, 4.69) is 23.5 Å². The molecular formula is C18H30N2O2S. The minimum Gasteiger partial charge on any atom is -0.298 e. The van der Waals surface area contributed by atoms with Gasteiger partial charge in [0, 0.05) is 18.6 Å². The highest BCUT2D eigenvalue weighted by molar-refractivity contribution is 7.89. The van der Waals surface area contributed by atoms with Crippen LogP contribution in [0.1, 0.15) is 50.7 Å². The molecule has 1 fully saturated rings. The first kappa shape index (κ1) is 18.4. The Labute approximate surface area is 141 Å². The van der Waals surface area contributed by atoms with Gasteiger partial charge in [-0.2, -0.15) is 0 Å². The van der Waals surface area contributed by atoms with Crippen molar-refractivity contribution in [3.05, 3.63) is 29.3 Å². The minimum atomic E-state index is -3.41. The van der Waals surface area contributed by atoms with Crippen molar-refractivity contribution < 1.29 is 8.42 Å². The van der Waals surface area contributed by atoms with Crippen LogP contribution in [0.2, 0.25) is 0 Å². The molecule has 23 heavy (non-hydrogen) atoms. The van der Waals surface area contributed by atoms with Gasteiger partial charge in [-0.15, -0.1) is 0 Å². The van der Waals surface area contributed by atoms with Crippen molar-refractivity contribution in [3.8, 4) is 0 Å². The highest BCUT2D eigenvalue weighted by Crippen LogP contribution is 2.22. The van der Waals surface area contributed by atoms with Gasteiger partial charge in [0.1, 0.15) is 0 Å². The Balaban J connectivity index is 1.89. The van der Waals surface area contributed by atoms with Crippen LogP contribution in [0.4, 0.5) is 0 Å². The SMILES string of the molecule is Cc1cccc(S(=O)(=O)NCCCN2C(C)CCCC2C)c1C. The molecule has 0 aliphatic carbocycles. The Hall–Kier alpha value is -0.910. The molecule has 2 rings (SSSR count). The first-order valence-electron chi connectivity index (χ1n) is 8.64. The van der Waals surface area contributed by atoms with Crippen LogP contribution in [0.3, 0.4) is 0 Å². The van der Waals surface area contributed by atoms with Gasteiger partial charge in [0.05, 0.1) is 4.90 Å². The first-order valence-corrected chi connectivity index (χ1v) is 10.1. The summed E-state index contributed by atoms with van der Waals surface area (Å²) >= 11 is 0. The molecule has 1 aliphatic rings. The van der Waals surface area contributed by atoms with E-state index in [1.165, 1.54) is 19.3 Å². The zero-order valence-electron chi connectivity index (χ0n) is 14.8. The summed E-state index contributed by atoms with van der Waals surface area (Å²) in [5.41, 5.74) is 1.84. The number of nitrogens with zero attached hydrogens (tertiary/aromatic N) is 1. The van der Waals surface area contributed by atoms with E-state index >= 15 is 0 Å². The molecule has 0 amide bonds. The lowest BCUT2D eigenvalue weighted by Crippen LogP contribution is -2.44. The summed E-state index contributed by atoms with van der Waals surface area (Å²) in [5, 5.41) is 0. The van der Waals surface area contributed by atoms with Gasteiger partial charge in [0.15, 0.2) is 0 Å². The zero-order chi connectivity index (χ0) is 17.0. The van der Waals surface area contributed by atoms with Gasteiger partial charge < -0.3 is 0 Å². The summed E-state index contributed by atoms with van der Waals surface area (Å²) in [6, 6.07) is 6.63. The number of aryl methyl sites for hydroxylation is 1. The van der Waals surface area contributed by atoms with Crippen molar-refractivity contribution in [1.29, 1.82) is 0 Å². The highest BCUT2D eigenvalue weighted by atomic mass is 32.2. The Kier molecular flexibility index (Phi) is 6.23. The molecule has 1 aromatic carbocycles. The number of hydrogen-bond acceptors (Lipinski definition) is 3. The predicted octanol–water partition coefficient (Wildman–Crippen LogP) is 3.23. The average Bonchev–Trinajstić information content (AvgIpc) is 2.48. The summed E-state index contributed by atoms with van der Waals surface area (Å²) < 4.78 is 27.7. The number of sulfonamides is 1. The lowest BCUT2D eigenvalue weighted by atomic mass is 9.97. The van der Waals surface area contributed by atoms with Gasteiger partial charge in [0.2, 0.25) is 10.0 Å². The third-order valence-electron chi connectivity index (χ3n) is 5.11. The van der Waals surface area contributed by atoms with Crippen LogP contribution in [0, 0.1) is 13.8 Å². The quantitative estimate of drug-likeness (QED) is 0.810. The number of hydrogen-bond donors (Lipinski definition) is 1. The van der Waals surface area contributed by atoms with Crippen molar-refractivity contribution in [2.75, 3.05) is 13.1 Å². The van der Waals surface area contributed by atoms with Crippen LogP contribution < -0.4 is 4.72 Å². The van der Waals surface area contributed by atoms with Gasteiger partial charge in [-0.25, -0.2) is 13.1 Å². The topological polar surface area (TPSA) is 49.4 Å². The van der Waals surface area contributed by atoms with Crippen molar-refractivity contribution in [2.24, 2.45) is 0 Å². The molecule has 1 N–H and O–H groups in total. The van der Waals surface area contributed by atoms with Crippen LogP contribution in [-0.2, 0) is 10.0 Å². The second-order valence-electron chi connectivity index (χ2n) is 6.82. The molecule has 1 aromatic rings. The van der Waals surface area contributed by atoms with E-state index in [4.69, 9.17) is 0 Å². The van der Waals surface area contributed by atoms with E-state index in [9.17, 15) is 8.42 Å². The van der Waals surface area contributed by atoms with E-state index in [0.717, 1.165) is 24.1 Å². The normalized spacial score (nSPS) is 23.1. The average molecular weight is 339 g/mol. The van der Waals surface area contributed by atoms with Gasteiger partial charge in [-0.1, -0.05) is 18.6 Å². The minimum absolute atomic E-state index is 0.400. The standard InChI is InChI=1S/C18H30N2O2S/c1-14-8-5-11-18(17(14)4)23(21,22)19-12-7-13-20-15(2)9-6-10-16(20)3/h5,8,11,15-16,19H,6-7,9-10,12-13H2,1-4H3. The van der Waals surface area contributed by atoms with Gasteiger partial charge in [-0.3, -0.25) is 4.90 Å². The van der Waals surface area contributed by atoms with E-state index in [0.29, 0.717) is 23.5 Å². The van der Waals surface area contributed by atoms with Crippen LogP contribution in [0.25, 0.3) is 0 Å². The van der Waals surface area contributed by atoms with E-state index in [-0.39, 0.29) is 0 Å². The van der Waals surface area contributed by atoms with Crippen LogP contribution >= 0.6 is 0 Å². The van der Waals surface area contributed by atoms with Crippen molar-refractivity contribution in [1.82, 2.24) is 9.62 Å². The van der Waals surface area contributed by atoms with Crippen LogP contribution in [-0.4, -0.2) is 38.5 Å². The number of benzene rings is 1. The Morgan fingerprint density at radius 3 is 2.48 bits per heavy atom. The fraction of sp³-hybridized carbons (Fsp3) is 0.667. The maximum absolute atomic E-state index is 12.5. The van der Waals surface area contributed by atoms with E-state index in [1.54, 1.807) is 12.1 Å². The number of likely N-dealkylation sites (tertiary alicyclic amines) is 1. The van der Waals surface area contributed by atoms with Crippen molar-refractivity contribution >= 4 is 10.0 Å². The van der Waals surface area contributed by atoms with Crippen molar-refractivity contribution in [3.63, 3.8) is 0 Å². The fourth-order valence-corrected chi connectivity index (χ4v) is 4.87. The molecule has 0 saturated carbocycles. The van der Waals surface area contributed by atoms with E-state index in [1.807, 2.05) is 19.9 Å². The number of nitrogens with one attached hydrogen (secondary N) is 1. The largest absolute Gasteiger partial charge is 0.298 e. The number of rotatable bonds is 6. The molecule has 5 heteroatoms. The summed E-state index contributed by atoms with van der Waals surface area (Å²) in [6.07, 6.45) is 4.65. The predicted molar refractivity (Wildman–Crippen MR) is 95.2 cm³/mol. The molecular weight excluding hydrogens is 308 g/mol. The van der Waals surface area contributed by atoms with Gasteiger partial charge in [-0.05, 0) is 70.7 Å². The molecule has 0 radical (unpaired) electrons. The molecule has 1 heterocycles. The molecule has 2 unspecified atom stereocenters. The van der Waals surface area contributed by atoms with Gasteiger partial charge >= 0.3 is 0 Å². The van der Waals surface area contributed by atoms with Crippen molar-refractivity contribution in [2.45, 2.75) is 70.4 Å². The summed E-state index contributed by atoms with van der Waals surface area (Å²) in [6.45, 7) is 9.80. The molecule has 0 aromatic heterocycles. The van der Waals surface area contributed by atoms with Gasteiger partial charge in [0.25, 0.3) is 0 Å². The second kappa shape index (κ2) is 7.77. The Morgan fingerprint density at radius 1 is 1.17 bits per heavy atom. The summed E-state index contributed by atoms with van der Waals surface area (Å²) in [5.74, 6) is 0. The molecule has 130 valence electrons. The molecule has 1 saturated heterocycles. The molecule has 4 nitrogen and oxygen atoms in total. The molecule has 0 spiro atoms. The zero-order valence-corrected chi connectivity index (χ0v) is 15.6. The summed E-state index contributed by atoms with van der Waals surface area (Å²) in [7, 11) is -3.41. The second-order valence-corrected chi connectivity index (χ2v) is 8.55. The highest BCUT2D eigenvalue weighted by Gasteiger charge is 2.24. The smallest absolute Gasteiger partial charge is 0.240 e. The lowest BCUT2D eigenvalue weighted by Gasteiger charge is -2.39. The third-order valence-corrected chi connectivity index (χ3v) is 6.71.